The molecule has 3 unspecified atom stereocenters. The van der Waals surface area contributed by atoms with Crippen molar-refractivity contribution in [2.75, 3.05) is 0 Å². The van der Waals surface area contributed by atoms with Gasteiger partial charge in [-0.15, -0.1) is 11.6 Å². The van der Waals surface area contributed by atoms with Gasteiger partial charge in [0.2, 0.25) is 0 Å². The molecule has 3 atom stereocenters. The van der Waals surface area contributed by atoms with Crippen LogP contribution in [0.2, 0.25) is 5.02 Å². The summed E-state index contributed by atoms with van der Waals surface area (Å²) in [5.41, 5.74) is 3.59. The van der Waals surface area contributed by atoms with Gasteiger partial charge in [-0.1, -0.05) is 24.6 Å². The predicted octanol–water partition coefficient (Wildman–Crippen LogP) is 4.89. The summed E-state index contributed by atoms with van der Waals surface area (Å²) in [5, 5.41) is 1.000. The summed E-state index contributed by atoms with van der Waals surface area (Å²) >= 11 is 12.6. The van der Waals surface area contributed by atoms with E-state index < -0.39 is 0 Å². The van der Waals surface area contributed by atoms with Crippen molar-refractivity contribution in [1.29, 1.82) is 0 Å². The smallest absolute Gasteiger partial charge is 0.0618 e. The molecule has 0 aliphatic heterocycles. The highest BCUT2D eigenvalue weighted by Crippen LogP contribution is 2.51. The zero-order valence-corrected chi connectivity index (χ0v) is 10.9. The second kappa shape index (κ2) is 3.99. The minimum atomic E-state index is 0.163. The van der Waals surface area contributed by atoms with Crippen LogP contribution in [0, 0.1) is 25.7 Å². The molecule has 1 aromatic rings. The standard InChI is InChI=1S/C13H16Cl2/c1-7-4-10(7)13(15)11-5-9(3)12(14)6-8(11)2/h5-7,10,13H,4H2,1-3H3. The molecule has 0 aromatic heterocycles. The number of benzene rings is 1. The fraction of sp³-hybridized carbons (Fsp3) is 0.538. The molecule has 0 heterocycles. The van der Waals surface area contributed by atoms with Crippen molar-refractivity contribution in [2.45, 2.75) is 32.6 Å². The molecule has 0 spiro atoms. The monoisotopic (exact) mass is 242 g/mol. The number of rotatable bonds is 2. The maximum atomic E-state index is 6.48. The summed E-state index contributed by atoms with van der Waals surface area (Å²) in [5.74, 6) is 1.44. The van der Waals surface area contributed by atoms with Crippen LogP contribution in [0.4, 0.5) is 0 Å². The average Bonchev–Trinajstić information content (AvgIpc) is 2.88. The molecule has 1 saturated carbocycles. The first-order chi connectivity index (χ1) is 7.00. The third kappa shape index (κ3) is 2.16. The molecule has 0 amide bonds. The molecule has 2 rings (SSSR count). The predicted molar refractivity (Wildman–Crippen MR) is 66.8 cm³/mol. The first kappa shape index (κ1) is 11.3. The maximum absolute atomic E-state index is 6.48. The summed E-state index contributed by atoms with van der Waals surface area (Å²) in [7, 11) is 0. The van der Waals surface area contributed by atoms with Gasteiger partial charge in [0.25, 0.3) is 0 Å². The Morgan fingerprint density at radius 2 is 1.87 bits per heavy atom. The largest absolute Gasteiger partial charge is 0.118 e. The van der Waals surface area contributed by atoms with Crippen LogP contribution in [0.15, 0.2) is 12.1 Å². The van der Waals surface area contributed by atoms with Crippen molar-refractivity contribution in [2.24, 2.45) is 11.8 Å². The van der Waals surface area contributed by atoms with Gasteiger partial charge in [0.05, 0.1) is 5.38 Å². The Hall–Kier alpha value is -0.200. The first-order valence-electron chi connectivity index (χ1n) is 5.41. The van der Waals surface area contributed by atoms with Crippen molar-refractivity contribution >= 4 is 23.2 Å². The topological polar surface area (TPSA) is 0 Å². The van der Waals surface area contributed by atoms with Crippen LogP contribution < -0.4 is 0 Å². The molecule has 1 fully saturated rings. The van der Waals surface area contributed by atoms with Gasteiger partial charge < -0.3 is 0 Å². The number of hydrogen-bond donors (Lipinski definition) is 0. The van der Waals surface area contributed by atoms with E-state index in [-0.39, 0.29) is 5.38 Å². The molecule has 15 heavy (non-hydrogen) atoms. The summed E-state index contributed by atoms with van der Waals surface area (Å²) in [6.07, 6.45) is 1.26. The van der Waals surface area contributed by atoms with Crippen molar-refractivity contribution < 1.29 is 0 Å². The molecular weight excluding hydrogens is 227 g/mol. The number of hydrogen-bond acceptors (Lipinski definition) is 0. The summed E-state index contributed by atoms with van der Waals surface area (Å²) in [6, 6.07) is 4.16. The van der Waals surface area contributed by atoms with E-state index in [0.717, 1.165) is 16.5 Å². The third-order valence-electron chi connectivity index (χ3n) is 3.39. The summed E-state index contributed by atoms with van der Waals surface area (Å²) < 4.78 is 0. The lowest BCUT2D eigenvalue weighted by Crippen LogP contribution is -1.98. The van der Waals surface area contributed by atoms with Crippen molar-refractivity contribution in [1.82, 2.24) is 0 Å². The van der Waals surface area contributed by atoms with Gasteiger partial charge in [0.1, 0.15) is 0 Å². The molecule has 0 saturated heterocycles. The van der Waals surface area contributed by atoms with E-state index in [1.165, 1.54) is 17.5 Å². The molecule has 1 aliphatic rings. The molecule has 0 bridgehead atoms. The Bertz CT molecular complexity index is 384. The van der Waals surface area contributed by atoms with Crippen molar-refractivity contribution in [3.8, 4) is 0 Å². The van der Waals surface area contributed by atoms with E-state index >= 15 is 0 Å². The zero-order valence-electron chi connectivity index (χ0n) is 9.35. The van der Waals surface area contributed by atoms with Crippen LogP contribution in [-0.2, 0) is 0 Å². The van der Waals surface area contributed by atoms with Crippen LogP contribution >= 0.6 is 23.2 Å². The van der Waals surface area contributed by atoms with Crippen LogP contribution in [0.3, 0.4) is 0 Å². The molecule has 1 aromatic carbocycles. The minimum absolute atomic E-state index is 0.163. The third-order valence-corrected chi connectivity index (χ3v) is 4.36. The van der Waals surface area contributed by atoms with Gasteiger partial charge in [0.15, 0.2) is 0 Å². The summed E-state index contributed by atoms with van der Waals surface area (Å²) in [6.45, 7) is 6.38. The maximum Gasteiger partial charge on any atom is 0.0618 e. The second-order valence-electron chi connectivity index (χ2n) is 4.74. The highest BCUT2D eigenvalue weighted by molar-refractivity contribution is 6.31. The highest BCUT2D eigenvalue weighted by atomic mass is 35.5. The van der Waals surface area contributed by atoms with E-state index in [1.54, 1.807) is 0 Å². The van der Waals surface area contributed by atoms with Crippen LogP contribution in [0.5, 0.6) is 0 Å². The quantitative estimate of drug-likeness (QED) is 0.648. The van der Waals surface area contributed by atoms with Gasteiger partial charge in [-0.25, -0.2) is 0 Å². The zero-order chi connectivity index (χ0) is 11.2. The van der Waals surface area contributed by atoms with Gasteiger partial charge >= 0.3 is 0 Å². The van der Waals surface area contributed by atoms with Gasteiger partial charge in [-0.3, -0.25) is 0 Å². The van der Waals surface area contributed by atoms with Gasteiger partial charge in [0, 0.05) is 5.02 Å². The Morgan fingerprint density at radius 1 is 1.27 bits per heavy atom. The number of alkyl halides is 1. The Morgan fingerprint density at radius 3 is 2.40 bits per heavy atom. The Labute approximate surface area is 102 Å². The lowest BCUT2D eigenvalue weighted by Gasteiger charge is -2.14. The normalized spacial score (nSPS) is 26.5. The minimum Gasteiger partial charge on any atom is -0.118 e. The van der Waals surface area contributed by atoms with Crippen LogP contribution in [0.1, 0.15) is 35.4 Å². The fourth-order valence-corrected chi connectivity index (χ4v) is 2.89. The van der Waals surface area contributed by atoms with Crippen LogP contribution in [0.25, 0.3) is 0 Å². The molecule has 0 N–H and O–H groups in total. The molecular formula is C13H16Cl2. The highest BCUT2D eigenvalue weighted by Gasteiger charge is 2.39. The van der Waals surface area contributed by atoms with Crippen LogP contribution in [-0.4, -0.2) is 0 Å². The lowest BCUT2D eigenvalue weighted by atomic mass is 9.99. The van der Waals surface area contributed by atoms with E-state index in [9.17, 15) is 0 Å². The van der Waals surface area contributed by atoms with Gasteiger partial charge in [-0.05, 0) is 54.9 Å². The molecule has 82 valence electrons. The number of aryl methyl sites for hydroxylation is 2. The van der Waals surface area contributed by atoms with Crippen molar-refractivity contribution in [3.05, 3.63) is 33.8 Å². The van der Waals surface area contributed by atoms with E-state index in [1.807, 2.05) is 13.0 Å². The molecule has 2 heteroatoms. The Kier molecular flexibility index (Phi) is 3.00. The SMILES string of the molecule is Cc1cc(C(Cl)C2CC2C)c(C)cc1Cl. The van der Waals surface area contributed by atoms with Crippen molar-refractivity contribution in [3.63, 3.8) is 0 Å². The molecule has 0 radical (unpaired) electrons. The van der Waals surface area contributed by atoms with E-state index in [2.05, 4.69) is 19.9 Å². The lowest BCUT2D eigenvalue weighted by molar-refractivity contribution is 0.718. The fourth-order valence-electron chi connectivity index (χ4n) is 2.09. The molecule has 1 aliphatic carbocycles. The Balaban J connectivity index is 2.31. The second-order valence-corrected chi connectivity index (χ2v) is 5.61. The molecule has 0 nitrogen and oxygen atoms in total. The summed E-state index contributed by atoms with van der Waals surface area (Å²) in [4.78, 5) is 0. The first-order valence-corrected chi connectivity index (χ1v) is 6.23. The van der Waals surface area contributed by atoms with Gasteiger partial charge in [-0.2, -0.15) is 0 Å². The number of halogens is 2. The van der Waals surface area contributed by atoms with E-state index in [4.69, 9.17) is 23.2 Å². The van der Waals surface area contributed by atoms with E-state index in [0.29, 0.717) is 5.92 Å². The average molecular weight is 243 g/mol.